The van der Waals surface area contributed by atoms with Gasteiger partial charge in [0.1, 0.15) is 0 Å². The lowest BCUT2D eigenvalue weighted by Crippen LogP contribution is -2.15. The minimum absolute atomic E-state index is 0.0248. The monoisotopic (exact) mass is 718 g/mol. The van der Waals surface area contributed by atoms with Crippen molar-refractivity contribution in [1.29, 1.82) is 0 Å². The first-order chi connectivity index (χ1) is 27.3. The van der Waals surface area contributed by atoms with E-state index >= 15 is 0 Å². The van der Waals surface area contributed by atoms with Gasteiger partial charge in [-0.05, 0) is 127 Å². The smallest absolute Gasteiger partial charge is 0.0468 e. The van der Waals surface area contributed by atoms with Crippen molar-refractivity contribution in [3.63, 3.8) is 0 Å². The summed E-state index contributed by atoms with van der Waals surface area (Å²) in [7, 11) is 0. The predicted molar refractivity (Wildman–Crippen MR) is 236 cm³/mol. The van der Waals surface area contributed by atoms with Crippen LogP contribution >= 0.6 is 0 Å². The van der Waals surface area contributed by atoms with Crippen molar-refractivity contribution in [2.24, 2.45) is 0 Å². The molecule has 0 saturated carbocycles. The predicted octanol–water partition coefficient (Wildman–Crippen LogP) is 14.7. The van der Waals surface area contributed by atoms with E-state index in [1.54, 1.807) is 0 Å². The van der Waals surface area contributed by atoms with Gasteiger partial charge in [0.15, 0.2) is 0 Å². The highest BCUT2D eigenvalue weighted by Gasteiger charge is 2.37. The first-order valence-electron chi connectivity index (χ1n) is 19.8. The molecule has 268 valence electrons. The Hall–Kier alpha value is -6.64. The molecule has 1 aromatic heterocycles. The molecule has 2 nitrogen and oxygen atoms in total. The van der Waals surface area contributed by atoms with Crippen molar-refractivity contribution in [3.8, 4) is 44.5 Å². The number of fused-ring (bicyclic) bond motifs is 9. The molecule has 2 heteroatoms. The molecular formula is C54H42N2. The SMILES string of the molecule is CC1(C)c2ccccc2-c2cc(N(c3ccc(-c4ccccc4)cc3)c3ccc(-c4ccc5[nH]c6cc7c(cc6c5c4)-c4ccccc4C7(C)C)cc3)ccc21. The van der Waals surface area contributed by atoms with Gasteiger partial charge in [0.05, 0.1) is 0 Å². The van der Waals surface area contributed by atoms with E-state index in [1.165, 1.54) is 88.6 Å². The molecule has 0 atom stereocenters. The van der Waals surface area contributed by atoms with E-state index in [9.17, 15) is 0 Å². The average molecular weight is 719 g/mol. The van der Waals surface area contributed by atoms with Crippen LogP contribution in [0.5, 0.6) is 0 Å². The van der Waals surface area contributed by atoms with E-state index in [4.69, 9.17) is 0 Å². The molecule has 1 heterocycles. The molecule has 0 aliphatic heterocycles. The number of rotatable bonds is 5. The van der Waals surface area contributed by atoms with E-state index in [0.717, 1.165) is 17.1 Å². The highest BCUT2D eigenvalue weighted by molar-refractivity contribution is 6.11. The lowest BCUT2D eigenvalue weighted by atomic mass is 9.82. The maximum atomic E-state index is 3.75. The van der Waals surface area contributed by atoms with Gasteiger partial charge >= 0.3 is 0 Å². The third-order valence-corrected chi connectivity index (χ3v) is 12.8. The van der Waals surface area contributed by atoms with Gasteiger partial charge in [-0.25, -0.2) is 0 Å². The van der Waals surface area contributed by atoms with Gasteiger partial charge in [-0.1, -0.05) is 143 Å². The van der Waals surface area contributed by atoms with Crippen LogP contribution in [0.15, 0.2) is 176 Å². The van der Waals surface area contributed by atoms with E-state index in [0.29, 0.717) is 0 Å². The second-order valence-corrected chi connectivity index (χ2v) is 16.7. The topological polar surface area (TPSA) is 19.0 Å². The largest absolute Gasteiger partial charge is 0.355 e. The molecule has 8 aromatic carbocycles. The van der Waals surface area contributed by atoms with Gasteiger partial charge in [0.25, 0.3) is 0 Å². The molecule has 0 bridgehead atoms. The number of aromatic amines is 1. The second-order valence-electron chi connectivity index (χ2n) is 16.7. The van der Waals surface area contributed by atoms with Crippen LogP contribution in [0.25, 0.3) is 66.3 Å². The summed E-state index contributed by atoms with van der Waals surface area (Å²) >= 11 is 0. The lowest BCUT2D eigenvalue weighted by molar-refractivity contribution is 0.660. The van der Waals surface area contributed by atoms with E-state index in [1.807, 2.05) is 0 Å². The molecule has 0 spiro atoms. The number of anilines is 3. The Morgan fingerprint density at radius 1 is 0.339 bits per heavy atom. The van der Waals surface area contributed by atoms with Crippen LogP contribution in [-0.2, 0) is 10.8 Å². The van der Waals surface area contributed by atoms with Gasteiger partial charge in [0, 0.05) is 49.7 Å². The summed E-state index contributed by atoms with van der Waals surface area (Å²) in [6.07, 6.45) is 0. The summed E-state index contributed by atoms with van der Waals surface area (Å²) < 4.78 is 0. The van der Waals surface area contributed by atoms with Gasteiger partial charge in [-0.2, -0.15) is 0 Å². The van der Waals surface area contributed by atoms with Crippen molar-refractivity contribution in [1.82, 2.24) is 4.98 Å². The Morgan fingerprint density at radius 2 is 0.821 bits per heavy atom. The fourth-order valence-electron chi connectivity index (χ4n) is 9.81. The molecule has 11 rings (SSSR count). The van der Waals surface area contributed by atoms with Crippen LogP contribution in [0, 0.1) is 0 Å². The Balaban J connectivity index is 1.00. The molecule has 0 saturated heterocycles. The zero-order valence-electron chi connectivity index (χ0n) is 32.2. The van der Waals surface area contributed by atoms with Gasteiger partial charge in [-0.15, -0.1) is 0 Å². The van der Waals surface area contributed by atoms with Crippen molar-refractivity contribution >= 4 is 38.9 Å². The molecule has 0 unspecified atom stereocenters. The number of benzene rings is 8. The van der Waals surface area contributed by atoms with Gasteiger partial charge < -0.3 is 9.88 Å². The highest BCUT2D eigenvalue weighted by Crippen LogP contribution is 2.52. The van der Waals surface area contributed by atoms with E-state index < -0.39 is 0 Å². The quantitative estimate of drug-likeness (QED) is 0.188. The number of nitrogens with zero attached hydrogens (tertiary/aromatic N) is 1. The molecule has 0 amide bonds. The minimum Gasteiger partial charge on any atom is -0.355 e. The van der Waals surface area contributed by atoms with Crippen molar-refractivity contribution in [2.45, 2.75) is 38.5 Å². The van der Waals surface area contributed by atoms with Crippen molar-refractivity contribution in [2.75, 3.05) is 4.90 Å². The normalized spacial score (nSPS) is 14.4. The van der Waals surface area contributed by atoms with Crippen LogP contribution < -0.4 is 4.90 Å². The first kappa shape index (κ1) is 32.8. The maximum Gasteiger partial charge on any atom is 0.0468 e. The molecular weight excluding hydrogens is 677 g/mol. The average Bonchev–Trinajstić information content (AvgIpc) is 3.79. The molecule has 2 aliphatic rings. The zero-order chi connectivity index (χ0) is 37.8. The van der Waals surface area contributed by atoms with Crippen LogP contribution in [0.4, 0.5) is 17.1 Å². The Labute approximate surface area is 328 Å². The minimum atomic E-state index is -0.0404. The Bertz CT molecular complexity index is 3000. The van der Waals surface area contributed by atoms with Crippen LogP contribution in [-0.4, -0.2) is 4.98 Å². The molecule has 0 radical (unpaired) electrons. The molecule has 9 aromatic rings. The number of H-pyrrole nitrogens is 1. The standard InChI is InChI=1S/C54H42N2/c1-53(2)47-16-10-8-14-41(47)43-31-40(27-28-49(43)53)56(38-23-18-35(19-24-38)34-12-6-5-7-13-34)39-25-20-36(21-26-39)37-22-29-51-45(30-37)46-32-44-42-15-9-11-17-48(42)54(3,4)50(44)33-52(46)55-51/h5-33,55H,1-4H3. The molecule has 56 heavy (non-hydrogen) atoms. The summed E-state index contributed by atoms with van der Waals surface area (Å²) in [4.78, 5) is 6.15. The maximum absolute atomic E-state index is 3.75. The number of hydrogen-bond donors (Lipinski definition) is 1. The fourth-order valence-corrected chi connectivity index (χ4v) is 9.81. The Kier molecular flexibility index (Phi) is 6.98. The summed E-state index contributed by atoms with van der Waals surface area (Å²) in [6.45, 7) is 9.38. The molecule has 1 N–H and O–H groups in total. The van der Waals surface area contributed by atoms with Gasteiger partial charge in [0.2, 0.25) is 0 Å². The number of nitrogens with one attached hydrogen (secondary N) is 1. The van der Waals surface area contributed by atoms with Crippen LogP contribution in [0.1, 0.15) is 49.9 Å². The summed E-state index contributed by atoms with van der Waals surface area (Å²) in [6, 6.07) is 65.2. The van der Waals surface area contributed by atoms with Crippen LogP contribution in [0.3, 0.4) is 0 Å². The van der Waals surface area contributed by atoms with Crippen molar-refractivity contribution in [3.05, 3.63) is 198 Å². The van der Waals surface area contributed by atoms with Crippen molar-refractivity contribution < 1.29 is 0 Å². The summed E-state index contributed by atoms with van der Waals surface area (Å²) in [5, 5.41) is 2.53. The number of aromatic nitrogens is 1. The summed E-state index contributed by atoms with van der Waals surface area (Å²) in [5.74, 6) is 0. The molecule has 2 aliphatic carbocycles. The van der Waals surface area contributed by atoms with Gasteiger partial charge in [-0.3, -0.25) is 0 Å². The number of hydrogen-bond acceptors (Lipinski definition) is 1. The lowest BCUT2D eigenvalue weighted by Gasteiger charge is -2.27. The van der Waals surface area contributed by atoms with E-state index in [2.05, 4.69) is 214 Å². The van der Waals surface area contributed by atoms with E-state index in [-0.39, 0.29) is 10.8 Å². The second kappa shape index (κ2) is 11.9. The zero-order valence-corrected chi connectivity index (χ0v) is 32.2. The Morgan fingerprint density at radius 3 is 1.48 bits per heavy atom. The third-order valence-electron chi connectivity index (χ3n) is 12.8. The first-order valence-corrected chi connectivity index (χ1v) is 19.8. The highest BCUT2D eigenvalue weighted by atomic mass is 15.1. The fraction of sp³-hybridized carbons (Fsp3) is 0.111. The summed E-state index contributed by atoms with van der Waals surface area (Å²) in [5.41, 5.74) is 21.4. The third kappa shape index (κ3) is 4.82. The molecule has 0 fully saturated rings. The van der Waals surface area contributed by atoms with Crippen LogP contribution in [0.2, 0.25) is 0 Å².